The van der Waals surface area contributed by atoms with Gasteiger partial charge < -0.3 is 20.1 Å². The number of aromatic nitrogens is 1. The molecule has 27 heavy (non-hydrogen) atoms. The lowest BCUT2D eigenvalue weighted by Gasteiger charge is -2.46. The van der Waals surface area contributed by atoms with Gasteiger partial charge in [0.2, 0.25) is 0 Å². The standard InChI is InChI=1S/C21H30N4S2/c1-5-25(6-2)21(26)23-14-10-15-17(24(3)12-14)9-13-11-22-16-7-8-18(27-4)20(15)19(13)16/h7-8,11,14-15,17,22H,5-6,9-10,12H2,1-4H3,(H,23,26)/t14-,15-,17+/m0/s1. The molecule has 1 fully saturated rings. The smallest absolute Gasteiger partial charge is 0.169 e. The van der Waals surface area contributed by atoms with Crippen LogP contribution in [0.15, 0.2) is 23.2 Å². The molecule has 1 aliphatic heterocycles. The first kappa shape index (κ1) is 19.1. The second kappa shape index (κ2) is 7.64. The van der Waals surface area contributed by atoms with Gasteiger partial charge in [-0.2, -0.15) is 0 Å². The number of piperidine rings is 1. The van der Waals surface area contributed by atoms with E-state index in [0.717, 1.165) is 37.6 Å². The van der Waals surface area contributed by atoms with Gasteiger partial charge in [-0.3, -0.25) is 0 Å². The van der Waals surface area contributed by atoms with Gasteiger partial charge >= 0.3 is 0 Å². The van der Waals surface area contributed by atoms with Crippen LogP contribution < -0.4 is 5.32 Å². The summed E-state index contributed by atoms with van der Waals surface area (Å²) in [4.78, 5) is 9.72. The lowest BCUT2D eigenvalue weighted by molar-refractivity contribution is 0.132. The van der Waals surface area contributed by atoms with E-state index in [4.69, 9.17) is 12.2 Å². The van der Waals surface area contributed by atoms with Crippen LogP contribution in [0.5, 0.6) is 0 Å². The molecule has 4 nitrogen and oxygen atoms in total. The Bertz CT molecular complexity index is 842. The Morgan fingerprint density at radius 3 is 2.85 bits per heavy atom. The van der Waals surface area contributed by atoms with Gasteiger partial charge in [-0.1, -0.05) is 0 Å². The molecule has 0 spiro atoms. The number of hydrogen-bond acceptors (Lipinski definition) is 3. The molecular weight excluding hydrogens is 372 g/mol. The number of H-pyrrole nitrogens is 1. The Kier molecular flexibility index (Phi) is 5.41. The number of fused-ring (bicyclic) bond motifs is 2. The number of thiocarbonyl (C=S) groups is 1. The number of likely N-dealkylation sites (tertiary alicyclic amines) is 1. The number of hydrogen-bond donors (Lipinski definition) is 2. The first-order valence-electron chi connectivity index (χ1n) is 9.99. The van der Waals surface area contributed by atoms with E-state index in [9.17, 15) is 0 Å². The minimum absolute atomic E-state index is 0.398. The molecule has 2 N–H and O–H groups in total. The van der Waals surface area contributed by atoms with Crippen molar-refractivity contribution >= 4 is 40.0 Å². The first-order valence-corrected chi connectivity index (χ1v) is 11.6. The van der Waals surface area contributed by atoms with Gasteiger partial charge in [0.05, 0.1) is 0 Å². The Morgan fingerprint density at radius 1 is 1.37 bits per heavy atom. The van der Waals surface area contributed by atoms with E-state index in [0.29, 0.717) is 18.0 Å². The fourth-order valence-electron chi connectivity index (χ4n) is 5.05. The van der Waals surface area contributed by atoms with Crippen molar-refractivity contribution in [1.82, 2.24) is 20.1 Å². The predicted octanol–water partition coefficient (Wildman–Crippen LogP) is 3.82. The van der Waals surface area contributed by atoms with Gasteiger partial charge in [-0.15, -0.1) is 11.8 Å². The summed E-state index contributed by atoms with van der Waals surface area (Å²) in [7, 11) is 2.28. The van der Waals surface area contributed by atoms with E-state index in [1.54, 1.807) is 5.56 Å². The summed E-state index contributed by atoms with van der Waals surface area (Å²) < 4.78 is 0. The fraction of sp³-hybridized carbons (Fsp3) is 0.571. The van der Waals surface area contributed by atoms with Crippen molar-refractivity contribution in [2.45, 2.75) is 49.6 Å². The van der Waals surface area contributed by atoms with Crippen molar-refractivity contribution in [1.29, 1.82) is 0 Å². The zero-order valence-corrected chi connectivity index (χ0v) is 18.3. The summed E-state index contributed by atoms with van der Waals surface area (Å²) in [5, 5.41) is 6.05. The van der Waals surface area contributed by atoms with Crippen molar-refractivity contribution in [2.24, 2.45) is 0 Å². The van der Waals surface area contributed by atoms with Crippen LogP contribution in [-0.2, 0) is 6.42 Å². The molecule has 1 aromatic heterocycles. The van der Waals surface area contributed by atoms with Crippen molar-refractivity contribution in [3.05, 3.63) is 29.5 Å². The number of nitrogens with zero attached hydrogens (tertiary/aromatic N) is 2. The maximum absolute atomic E-state index is 5.69. The molecule has 3 atom stereocenters. The Balaban J connectivity index is 1.66. The third-order valence-corrected chi connectivity index (χ3v) is 7.58. The zero-order valence-electron chi connectivity index (χ0n) is 16.7. The molecule has 146 valence electrons. The number of nitrogens with one attached hydrogen (secondary N) is 2. The fourth-order valence-corrected chi connectivity index (χ4v) is 6.16. The van der Waals surface area contributed by atoms with Gasteiger partial charge in [-0.05, 0) is 75.5 Å². The van der Waals surface area contributed by atoms with Crippen molar-refractivity contribution in [2.75, 3.05) is 32.9 Å². The molecule has 0 unspecified atom stereocenters. The van der Waals surface area contributed by atoms with E-state index in [1.165, 1.54) is 21.4 Å². The maximum Gasteiger partial charge on any atom is 0.169 e. The number of thioether (sulfide) groups is 1. The summed E-state index contributed by atoms with van der Waals surface area (Å²) in [5.41, 5.74) is 4.32. The average molecular weight is 403 g/mol. The number of likely N-dealkylation sites (N-methyl/N-ethyl adjacent to an activating group) is 1. The van der Waals surface area contributed by atoms with E-state index < -0.39 is 0 Å². The predicted molar refractivity (Wildman–Crippen MR) is 120 cm³/mol. The summed E-state index contributed by atoms with van der Waals surface area (Å²) in [6.45, 7) is 7.30. The summed E-state index contributed by atoms with van der Waals surface area (Å²) >= 11 is 7.57. The molecule has 1 aromatic carbocycles. The number of aromatic amines is 1. The van der Waals surface area contributed by atoms with Crippen molar-refractivity contribution in [3.63, 3.8) is 0 Å². The van der Waals surface area contributed by atoms with Crippen molar-refractivity contribution < 1.29 is 0 Å². The minimum atomic E-state index is 0.398. The van der Waals surface area contributed by atoms with Crippen LogP contribution in [0.3, 0.4) is 0 Å². The highest BCUT2D eigenvalue weighted by Crippen LogP contribution is 2.46. The highest BCUT2D eigenvalue weighted by Gasteiger charge is 2.40. The third-order valence-electron chi connectivity index (χ3n) is 6.40. The Hall–Kier alpha value is -1.24. The Labute approximate surface area is 172 Å². The van der Waals surface area contributed by atoms with Gasteiger partial charge in [0, 0.05) is 59.6 Å². The van der Waals surface area contributed by atoms with E-state index >= 15 is 0 Å². The third kappa shape index (κ3) is 3.26. The van der Waals surface area contributed by atoms with Gasteiger partial charge in [-0.25, -0.2) is 0 Å². The minimum Gasteiger partial charge on any atom is -0.361 e. The van der Waals surface area contributed by atoms with Crippen LogP contribution in [0.2, 0.25) is 0 Å². The largest absolute Gasteiger partial charge is 0.361 e. The molecule has 2 aromatic rings. The van der Waals surface area contributed by atoms with Crippen LogP contribution in [0.4, 0.5) is 0 Å². The van der Waals surface area contributed by atoms with Gasteiger partial charge in [0.25, 0.3) is 0 Å². The van der Waals surface area contributed by atoms with Crippen LogP contribution in [0.25, 0.3) is 10.9 Å². The SMILES string of the molecule is CCN(CC)C(=S)N[C@H]1C[C@@H]2c3c(SC)ccc4[nH]cc(c34)C[C@H]2N(C)C1. The quantitative estimate of drug-likeness (QED) is 0.600. The molecule has 0 radical (unpaired) electrons. The molecule has 1 aliphatic carbocycles. The van der Waals surface area contributed by atoms with E-state index in [-0.39, 0.29) is 0 Å². The molecule has 4 rings (SSSR count). The normalized spacial score (nSPS) is 24.7. The maximum atomic E-state index is 5.69. The Morgan fingerprint density at radius 2 is 2.15 bits per heavy atom. The first-order chi connectivity index (χ1) is 13.1. The lowest BCUT2D eigenvalue weighted by Crippen LogP contribution is -2.56. The molecule has 6 heteroatoms. The van der Waals surface area contributed by atoms with Gasteiger partial charge in [0.1, 0.15) is 0 Å². The van der Waals surface area contributed by atoms with Crippen LogP contribution >= 0.6 is 24.0 Å². The number of rotatable bonds is 4. The second-order valence-electron chi connectivity index (χ2n) is 7.79. The molecule has 2 aliphatic rings. The molecule has 0 saturated carbocycles. The van der Waals surface area contributed by atoms with Gasteiger partial charge in [0.15, 0.2) is 5.11 Å². The summed E-state index contributed by atoms with van der Waals surface area (Å²) in [6.07, 6.45) is 6.71. The molecule has 2 heterocycles. The highest BCUT2D eigenvalue weighted by atomic mass is 32.2. The van der Waals surface area contributed by atoms with Crippen LogP contribution in [0, 0.1) is 0 Å². The van der Waals surface area contributed by atoms with Crippen LogP contribution in [-0.4, -0.2) is 64.9 Å². The highest BCUT2D eigenvalue weighted by molar-refractivity contribution is 7.98. The molecule has 1 saturated heterocycles. The summed E-state index contributed by atoms with van der Waals surface area (Å²) in [5.74, 6) is 0.551. The monoisotopic (exact) mass is 402 g/mol. The molecule has 0 amide bonds. The number of benzene rings is 1. The zero-order chi connectivity index (χ0) is 19.1. The van der Waals surface area contributed by atoms with Crippen molar-refractivity contribution in [3.8, 4) is 0 Å². The average Bonchev–Trinajstić information content (AvgIpc) is 3.07. The van der Waals surface area contributed by atoms with Crippen LogP contribution in [0.1, 0.15) is 37.3 Å². The lowest BCUT2D eigenvalue weighted by atomic mass is 9.74. The summed E-state index contributed by atoms with van der Waals surface area (Å²) in [6, 6.07) is 5.51. The molecular formula is C21H30N4S2. The topological polar surface area (TPSA) is 34.3 Å². The molecule has 0 bridgehead atoms. The van der Waals surface area contributed by atoms with E-state index in [1.807, 2.05) is 11.8 Å². The second-order valence-corrected chi connectivity index (χ2v) is 9.02. The van der Waals surface area contributed by atoms with E-state index in [2.05, 4.69) is 65.6 Å².